The van der Waals surface area contributed by atoms with Gasteiger partial charge in [0.1, 0.15) is 0 Å². The summed E-state index contributed by atoms with van der Waals surface area (Å²) >= 11 is 0. The van der Waals surface area contributed by atoms with Crippen LogP contribution in [0.25, 0.3) is 0 Å². The number of nitrogens with two attached hydrogens (primary N) is 1. The summed E-state index contributed by atoms with van der Waals surface area (Å²) < 4.78 is 0. The molecule has 1 aromatic carbocycles. The number of nitrogen functional groups attached to an aromatic ring is 1. The number of benzene rings is 1. The Morgan fingerprint density at radius 1 is 1.45 bits per heavy atom. The lowest BCUT2D eigenvalue weighted by Gasteiger charge is -2.38. The fourth-order valence-electron chi connectivity index (χ4n) is 1.96. The predicted molar refractivity (Wildman–Crippen MR) is 85.8 cm³/mol. The second-order valence-electron chi connectivity index (χ2n) is 6.02. The minimum Gasteiger partial charge on any atom is -0.399 e. The highest BCUT2D eigenvalue weighted by Crippen LogP contribution is 2.22. The standard InChI is InChI=1S/C16H27N3O/c1-7-16(4,5)19(6)12(3)15(20)18-14-10-13(17)9-8-11(14)2/h8-10,12H,7,17H2,1-6H3,(H,18,20). The van der Waals surface area contributed by atoms with Crippen molar-refractivity contribution in [3.05, 3.63) is 23.8 Å². The lowest BCUT2D eigenvalue weighted by molar-refractivity contribution is -0.122. The number of carbonyl (C=O) groups excluding carboxylic acids is 1. The summed E-state index contributed by atoms with van der Waals surface area (Å²) in [5, 5.41) is 2.97. The maximum Gasteiger partial charge on any atom is 0.241 e. The zero-order valence-electron chi connectivity index (χ0n) is 13.4. The Kier molecular flexibility index (Phi) is 5.17. The lowest BCUT2D eigenvalue weighted by Crippen LogP contribution is -2.50. The monoisotopic (exact) mass is 277 g/mol. The van der Waals surface area contributed by atoms with Crippen LogP contribution in [-0.2, 0) is 4.79 Å². The van der Waals surface area contributed by atoms with E-state index >= 15 is 0 Å². The van der Waals surface area contributed by atoms with Crippen LogP contribution < -0.4 is 11.1 Å². The van der Waals surface area contributed by atoms with E-state index in [1.807, 2.05) is 33.0 Å². The molecule has 0 heterocycles. The molecule has 0 saturated carbocycles. The van der Waals surface area contributed by atoms with E-state index < -0.39 is 0 Å². The van der Waals surface area contributed by atoms with Gasteiger partial charge in [-0.15, -0.1) is 0 Å². The summed E-state index contributed by atoms with van der Waals surface area (Å²) in [5.74, 6) is -0.0114. The van der Waals surface area contributed by atoms with Crippen LogP contribution in [0, 0.1) is 6.92 Å². The van der Waals surface area contributed by atoms with Crippen LogP contribution in [0.15, 0.2) is 18.2 Å². The van der Waals surface area contributed by atoms with Gasteiger partial charge in [-0.2, -0.15) is 0 Å². The van der Waals surface area contributed by atoms with Crippen molar-refractivity contribution in [1.29, 1.82) is 0 Å². The van der Waals surface area contributed by atoms with Crippen LogP contribution in [-0.4, -0.2) is 29.4 Å². The normalized spacial score (nSPS) is 13.3. The Hall–Kier alpha value is -1.55. The molecule has 4 heteroatoms. The van der Waals surface area contributed by atoms with Gasteiger partial charge in [0.15, 0.2) is 0 Å². The van der Waals surface area contributed by atoms with Gasteiger partial charge in [0, 0.05) is 16.9 Å². The number of rotatable bonds is 5. The Labute approximate surface area is 122 Å². The van der Waals surface area contributed by atoms with Gasteiger partial charge in [-0.25, -0.2) is 0 Å². The van der Waals surface area contributed by atoms with Crippen molar-refractivity contribution in [3.8, 4) is 0 Å². The average Bonchev–Trinajstić information content (AvgIpc) is 2.41. The van der Waals surface area contributed by atoms with Crippen LogP contribution >= 0.6 is 0 Å². The molecule has 0 radical (unpaired) electrons. The lowest BCUT2D eigenvalue weighted by atomic mass is 9.98. The number of nitrogens with zero attached hydrogens (tertiary/aromatic N) is 1. The van der Waals surface area contributed by atoms with Crippen molar-refractivity contribution in [1.82, 2.24) is 4.90 Å². The third kappa shape index (κ3) is 3.73. The Balaban J connectivity index is 2.83. The van der Waals surface area contributed by atoms with Gasteiger partial charge in [-0.3, -0.25) is 9.69 Å². The maximum absolute atomic E-state index is 12.4. The number of aryl methyl sites for hydroxylation is 1. The van der Waals surface area contributed by atoms with Crippen LogP contribution in [0.4, 0.5) is 11.4 Å². The fraction of sp³-hybridized carbons (Fsp3) is 0.562. The van der Waals surface area contributed by atoms with E-state index in [2.05, 4.69) is 31.0 Å². The molecular weight excluding hydrogens is 250 g/mol. The Morgan fingerprint density at radius 2 is 2.05 bits per heavy atom. The maximum atomic E-state index is 12.4. The number of anilines is 2. The third-order valence-corrected chi connectivity index (χ3v) is 4.30. The van der Waals surface area contributed by atoms with Gasteiger partial charge < -0.3 is 11.1 Å². The number of nitrogens with one attached hydrogen (secondary N) is 1. The summed E-state index contributed by atoms with van der Waals surface area (Å²) in [7, 11) is 1.99. The van der Waals surface area contributed by atoms with E-state index in [9.17, 15) is 4.79 Å². The molecule has 112 valence electrons. The van der Waals surface area contributed by atoms with Crippen LogP contribution in [0.3, 0.4) is 0 Å². The highest BCUT2D eigenvalue weighted by Gasteiger charge is 2.29. The Morgan fingerprint density at radius 3 is 2.60 bits per heavy atom. The van der Waals surface area contributed by atoms with E-state index in [0.717, 1.165) is 17.7 Å². The molecule has 1 amide bonds. The molecule has 0 saturated heterocycles. The van der Waals surface area contributed by atoms with Crippen LogP contribution in [0.2, 0.25) is 0 Å². The molecule has 1 atom stereocenters. The van der Waals surface area contributed by atoms with Gasteiger partial charge in [-0.1, -0.05) is 13.0 Å². The molecule has 0 spiro atoms. The number of carbonyl (C=O) groups is 1. The molecule has 0 bridgehead atoms. The average molecular weight is 277 g/mol. The van der Waals surface area contributed by atoms with Crippen LogP contribution in [0.1, 0.15) is 39.7 Å². The van der Waals surface area contributed by atoms with Gasteiger partial charge in [-0.05, 0) is 58.9 Å². The zero-order valence-corrected chi connectivity index (χ0v) is 13.4. The highest BCUT2D eigenvalue weighted by molar-refractivity contribution is 5.95. The molecule has 0 aliphatic carbocycles. The summed E-state index contributed by atoms with van der Waals surface area (Å²) in [6.45, 7) is 10.3. The molecule has 1 unspecified atom stereocenters. The molecule has 4 nitrogen and oxygen atoms in total. The Bertz CT molecular complexity index is 483. The summed E-state index contributed by atoms with van der Waals surface area (Å²) in [5.41, 5.74) is 8.20. The SMILES string of the molecule is CCC(C)(C)N(C)C(C)C(=O)Nc1cc(N)ccc1C. The number of hydrogen-bond acceptors (Lipinski definition) is 3. The van der Waals surface area contributed by atoms with Gasteiger partial charge in [0.25, 0.3) is 0 Å². The minimum absolute atomic E-state index is 0.0114. The molecule has 0 aliphatic rings. The molecule has 0 aliphatic heterocycles. The van der Waals surface area contributed by atoms with Crippen LogP contribution in [0.5, 0.6) is 0 Å². The molecule has 1 aromatic rings. The largest absolute Gasteiger partial charge is 0.399 e. The molecular formula is C16H27N3O. The smallest absolute Gasteiger partial charge is 0.241 e. The van der Waals surface area contributed by atoms with Crippen molar-refractivity contribution in [3.63, 3.8) is 0 Å². The van der Waals surface area contributed by atoms with E-state index in [0.29, 0.717) is 5.69 Å². The van der Waals surface area contributed by atoms with Crippen molar-refractivity contribution >= 4 is 17.3 Å². The fourth-order valence-corrected chi connectivity index (χ4v) is 1.96. The first-order chi connectivity index (χ1) is 9.19. The van der Waals surface area contributed by atoms with E-state index in [1.165, 1.54) is 0 Å². The first-order valence-electron chi connectivity index (χ1n) is 7.09. The van der Waals surface area contributed by atoms with E-state index in [-0.39, 0.29) is 17.5 Å². The number of likely N-dealkylation sites (N-methyl/N-ethyl adjacent to an activating group) is 1. The quantitative estimate of drug-likeness (QED) is 0.813. The predicted octanol–water partition coefficient (Wildman–Crippen LogP) is 3.02. The molecule has 3 N–H and O–H groups in total. The minimum atomic E-state index is -0.203. The first kappa shape index (κ1) is 16.5. The molecule has 20 heavy (non-hydrogen) atoms. The van der Waals surface area contributed by atoms with Gasteiger partial charge >= 0.3 is 0 Å². The molecule has 0 aromatic heterocycles. The van der Waals surface area contributed by atoms with Crippen molar-refractivity contribution in [2.75, 3.05) is 18.1 Å². The zero-order chi connectivity index (χ0) is 15.5. The second kappa shape index (κ2) is 6.27. The molecule has 0 fully saturated rings. The number of amides is 1. The van der Waals surface area contributed by atoms with Crippen molar-refractivity contribution in [2.45, 2.75) is 52.6 Å². The van der Waals surface area contributed by atoms with Gasteiger partial charge in [0.2, 0.25) is 5.91 Å². The second-order valence-corrected chi connectivity index (χ2v) is 6.02. The summed E-state index contributed by atoms with van der Waals surface area (Å²) in [6, 6.07) is 5.34. The first-order valence-corrected chi connectivity index (χ1v) is 7.09. The van der Waals surface area contributed by atoms with Crippen molar-refractivity contribution < 1.29 is 4.79 Å². The van der Waals surface area contributed by atoms with E-state index in [4.69, 9.17) is 5.73 Å². The van der Waals surface area contributed by atoms with Gasteiger partial charge in [0.05, 0.1) is 6.04 Å². The summed E-state index contributed by atoms with van der Waals surface area (Å²) in [4.78, 5) is 14.5. The molecule has 1 rings (SSSR count). The highest BCUT2D eigenvalue weighted by atomic mass is 16.2. The van der Waals surface area contributed by atoms with E-state index in [1.54, 1.807) is 6.07 Å². The summed E-state index contributed by atoms with van der Waals surface area (Å²) in [6.07, 6.45) is 0.985. The third-order valence-electron chi connectivity index (χ3n) is 4.30. The van der Waals surface area contributed by atoms with Crippen molar-refractivity contribution in [2.24, 2.45) is 0 Å². The topological polar surface area (TPSA) is 58.4 Å². The number of hydrogen-bond donors (Lipinski definition) is 2.